The summed E-state index contributed by atoms with van der Waals surface area (Å²) in [4.78, 5) is 0. The Morgan fingerprint density at radius 1 is 1.42 bits per heavy atom. The zero-order valence-electron chi connectivity index (χ0n) is 10.5. The van der Waals surface area contributed by atoms with Crippen LogP contribution < -0.4 is 5.73 Å². The van der Waals surface area contributed by atoms with Gasteiger partial charge in [-0.15, -0.1) is 10.2 Å². The van der Waals surface area contributed by atoms with Crippen LogP contribution in [0.3, 0.4) is 0 Å². The Hall–Kier alpha value is -1.27. The van der Waals surface area contributed by atoms with Gasteiger partial charge in [0.25, 0.3) is 0 Å². The number of hydrogen-bond donors (Lipinski definition) is 1. The van der Waals surface area contributed by atoms with Crippen molar-refractivity contribution in [2.45, 2.75) is 37.8 Å². The molecule has 5 nitrogen and oxygen atoms in total. The van der Waals surface area contributed by atoms with E-state index in [-0.39, 0.29) is 12.6 Å². The molecule has 0 fully saturated rings. The van der Waals surface area contributed by atoms with E-state index in [1.54, 1.807) is 4.57 Å². The minimum Gasteiger partial charge on any atom is -0.324 e. The smallest absolute Gasteiger partial charge is 0.324 e. The topological polar surface area (TPSA) is 80.5 Å². The Labute approximate surface area is 113 Å². The van der Waals surface area contributed by atoms with Gasteiger partial charge in [0, 0.05) is 11.8 Å². The first-order valence-electron chi connectivity index (χ1n) is 5.54. The SMILES string of the molecule is CC(C)n1c(CN)nnc1SCC(C#N)C(F)(F)F. The predicted molar refractivity (Wildman–Crippen MR) is 64.2 cm³/mol. The standard InChI is InChI=1S/C10H14F3N5S/c1-6(2)18-8(4-15)16-17-9(18)19-5-7(3-14)10(11,12)13/h6-7H,4-5,15H2,1-2H3. The fourth-order valence-electron chi connectivity index (χ4n) is 1.43. The predicted octanol–water partition coefficient (Wildman–Crippen LogP) is 2.11. The summed E-state index contributed by atoms with van der Waals surface area (Å²) in [5, 5.41) is 16.5. The van der Waals surface area contributed by atoms with Gasteiger partial charge < -0.3 is 10.3 Å². The summed E-state index contributed by atoms with van der Waals surface area (Å²) in [5.74, 6) is -1.91. The molecular weight excluding hydrogens is 279 g/mol. The summed E-state index contributed by atoms with van der Waals surface area (Å²) in [6.45, 7) is 3.88. The molecule has 1 heterocycles. The van der Waals surface area contributed by atoms with Gasteiger partial charge in [-0.05, 0) is 13.8 Å². The maximum atomic E-state index is 12.5. The van der Waals surface area contributed by atoms with Crippen LogP contribution in [-0.4, -0.2) is 26.7 Å². The molecule has 1 unspecified atom stereocenters. The molecule has 19 heavy (non-hydrogen) atoms. The van der Waals surface area contributed by atoms with Crippen LogP contribution in [0.4, 0.5) is 13.2 Å². The first-order chi connectivity index (χ1) is 8.81. The molecule has 106 valence electrons. The number of halogens is 3. The highest BCUT2D eigenvalue weighted by Crippen LogP contribution is 2.31. The summed E-state index contributed by atoms with van der Waals surface area (Å²) in [6.07, 6.45) is -4.53. The second kappa shape index (κ2) is 6.25. The third-order valence-corrected chi connectivity index (χ3v) is 3.40. The molecule has 0 aromatic carbocycles. The molecule has 0 bridgehead atoms. The van der Waals surface area contributed by atoms with Crippen molar-refractivity contribution in [3.05, 3.63) is 5.82 Å². The fraction of sp³-hybridized carbons (Fsp3) is 0.700. The number of nitriles is 1. The Bertz CT molecular complexity index is 463. The zero-order valence-corrected chi connectivity index (χ0v) is 11.3. The highest BCUT2D eigenvalue weighted by atomic mass is 32.2. The van der Waals surface area contributed by atoms with E-state index in [0.717, 1.165) is 11.8 Å². The molecule has 0 radical (unpaired) electrons. The first kappa shape index (κ1) is 15.8. The maximum Gasteiger partial charge on any atom is 0.405 e. The largest absolute Gasteiger partial charge is 0.405 e. The highest BCUT2D eigenvalue weighted by Gasteiger charge is 2.40. The number of hydrogen-bond acceptors (Lipinski definition) is 5. The Morgan fingerprint density at radius 3 is 2.47 bits per heavy atom. The van der Waals surface area contributed by atoms with Crippen LogP contribution in [-0.2, 0) is 6.54 Å². The van der Waals surface area contributed by atoms with E-state index < -0.39 is 17.8 Å². The number of thioether (sulfide) groups is 1. The van der Waals surface area contributed by atoms with Crippen LogP contribution in [0.2, 0.25) is 0 Å². The third kappa shape index (κ3) is 3.84. The van der Waals surface area contributed by atoms with Crippen LogP contribution in [0.1, 0.15) is 25.7 Å². The third-order valence-electron chi connectivity index (χ3n) is 2.36. The zero-order chi connectivity index (χ0) is 14.6. The lowest BCUT2D eigenvalue weighted by Gasteiger charge is -2.15. The van der Waals surface area contributed by atoms with Gasteiger partial charge in [-0.3, -0.25) is 0 Å². The van der Waals surface area contributed by atoms with E-state index in [4.69, 9.17) is 11.0 Å². The summed E-state index contributed by atoms with van der Waals surface area (Å²) in [6, 6.07) is 1.24. The molecule has 9 heteroatoms. The van der Waals surface area contributed by atoms with Gasteiger partial charge in [-0.2, -0.15) is 18.4 Å². The van der Waals surface area contributed by atoms with E-state index in [1.807, 2.05) is 13.8 Å². The lowest BCUT2D eigenvalue weighted by Crippen LogP contribution is -2.23. The monoisotopic (exact) mass is 293 g/mol. The minimum absolute atomic E-state index is 0.0116. The molecule has 0 aliphatic carbocycles. The molecule has 0 aliphatic heterocycles. The fourth-order valence-corrected chi connectivity index (χ4v) is 2.56. The second-order valence-corrected chi connectivity index (χ2v) is 5.09. The Morgan fingerprint density at radius 2 is 2.05 bits per heavy atom. The van der Waals surface area contributed by atoms with Crippen LogP contribution in [0.25, 0.3) is 0 Å². The molecule has 0 saturated heterocycles. The molecule has 1 aromatic rings. The van der Waals surface area contributed by atoms with E-state index in [2.05, 4.69) is 10.2 Å². The number of alkyl halides is 3. The van der Waals surface area contributed by atoms with Gasteiger partial charge in [-0.25, -0.2) is 0 Å². The minimum atomic E-state index is -4.53. The Balaban J connectivity index is 2.84. The number of nitrogens with two attached hydrogens (primary N) is 1. The van der Waals surface area contributed by atoms with Crippen molar-refractivity contribution < 1.29 is 13.2 Å². The molecule has 2 N–H and O–H groups in total. The number of aromatic nitrogens is 3. The highest BCUT2D eigenvalue weighted by molar-refractivity contribution is 7.99. The quantitative estimate of drug-likeness (QED) is 0.841. The van der Waals surface area contributed by atoms with Crippen molar-refractivity contribution in [2.75, 3.05) is 5.75 Å². The Kier molecular flexibility index (Phi) is 5.20. The lowest BCUT2D eigenvalue weighted by molar-refractivity contribution is -0.152. The van der Waals surface area contributed by atoms with Crippen molar-refractivity contribution in [2.24, 2.45) is 11.7 Å². The second-order valence-electron chi connectivity index (χ2n) is 4.10. The van der Waals surface area contributed by atoms with Crippen LogP contribution in [0, 0.1) is 17.2 Å². The van der Waals surface area contributed by atoms with Gasteiger partial charge in [0.1, 0.15) is 5.82 Å². The molecule has 1 rings (SSSR count). The van der Waals surface area contributed by atoms with E-state index >= 15 is 0 Å². The van der Waals surface area contributed by atoms with Crippen molar-refractivity contribution in [1.29, 1.82) is 5.26 Å². The average molecular weight is 293 g/mol. The van der Waals surface area contributed by atoms with Crippen molar-refractivity contribution >= 4 is 11.8 Å². The number of nitrogens with zero attached hydrogens (tertiary/aromatic N) is 4. The summed E-state index contributed by atoms with van der Waals surface area (Å²) in [7, 11) is 0. The van der Waals surface area contributed by atoms with Crippen LogP contribution >= 0.6 is 11.8 Å². The molecule has 0 aliphatic rings. The lowest BCUT2D eigenvalue weighted by atomic mass is 10.2. The molecule has 0 saturated carbocycles. The van der Waals surface area contributed by atoms with E-state index in [9.17, 15) is 13.2 Å². The van der Waals surface area contributed by atoms with Gasteiger partial charge in [0.05, 0.1) is 12.6 Å². The maximum absolute atomic E-state index is 12.5. The molecule has 1 atom stereocenters. The van der Waals surface area contributed by atoms with Crippen LogP contribution in [0.5, 0.6) is 0 Å². The van der Waals surface area contributed by atoms with Gasteiger partial charge in [0.15, 0.2) is 11.1 Å². The average Bonchev–Trinajstić information content (AvgIpc) is 2.71. The van der Waals surface area contributed by atoms with E-state index in [1.165, 1.54) is 6.07 Å². The number of rotatable bonds is 5. The van der Waals surface area contributed by atoms with Crippen LogP contribution in [0.15, 0.2) is 5.16 Å². The van der Waals surface area contributed by atoms with Gasteiger partial charge in [-0.1, -0.05) is 11.8 Å². The summed E-state index contributed by atoms with van der Waals surface area (Å²) < 4.78 is 39.0. The summed E-state index contributed by atoms with van der Waals surface area (Å²) in [5.41, 5.74) is 5.49. The molecule has 0 amide bonds. The molecule has 1 aromatic heterocycles. The van der Waals surface area contributed by atoms with Crippen molar-refractivity contribution in [1.82, 2.24) is 14.8 Å². The van der Waals surface area contributed by atoms with E-state index in [0.29, 0.717) is 11.0 Å². The van der Waals surface area contributed by atoms with Gasteiger partial charge in [0.2, 0.25) is 0 Å². The summed E-state index contributed by atoms with van der Waals surface area (Å²) >= 11 is 0.862. The van der Waals surface area contributed by atoms with Crippen molar-refractivity contribution in [3.8, 4) is 6.07 Å². The van der Waals surface area contributed by atoms with Gasteiger partial charge >= 0.3 is 6.18 Å². The normalized spacial score (nSPS) is 13.6. The molecular formula is C10H14F3N5S. The molecule has 0 spiro atoms. The van der Waals surface area contributed by atoms with Crippen molar-refractivity contribution in [3.63, 3.8) is 0 Å². The first-order valence-corrected chi connectivity index (χ1v) is 6.52.